The standard InChI is InChI=1S/C17H26O2/c1-11(2)16-14(18)10-12-13-6-4-5-8-17(13,3)9-7-15(12)19-16/h14-16,18H,1,4-10H2,2-3H3. The molecule has 0 spiro atoms. The average molecular weight is 262 g/mol. The highest BCUT2D eigenvalue weighted by atomic mass is 16.5. The first-order valence-electron chi connectivity index (χ1n) is 7.72. The molecule has 1 heterocycles. The fourth-order valence-electron chi connectivity index (χ4n) is 4.36. The Morgan fingerprint density at radius 1 is 1.37 bits per heavy atom. The molecular weight excluding hydrogens is 236 g/mol. The first kappa shape index (κ1) is 13.4. The summed E-state index contributed by atoms with van der Waals surface area (Å²) in [4.78, 5) is 0. The van der Waals surface area contributed by atoms with Gasteiger partial charge in [-0.2, -0.15) is 0 Å². The molecular formula is C17H26O2. The molecule has 4 atom stereocenters. The van der Waals surface area contributed by atoms with E-state index >= 15 is 0 Å². The van der Waals surface area contributed by atoms with Crippen molar-refractivity contribution in [2.24, 2.45) is 5.41 Å². The molecule has 3 rings (SSSR count). The lowest BCUT2D eigenvalue weighted by Crippen LogP contribution is -2.45. The van der Waals surface area contributed by atoms with Crippen LogP contribution in [0.4, 0.5) is 0 Å². The molecule has 2 fully saturated rings. The second kappa shape index (κ2) is 4.75. The van der Waals surface area contributed by atoms with E-state index in [4.69, 9.17) is 4.74 Å². The summed E-state index contributed by atoms with van der Waals surface area (Å²) < 4.78 is 6.15. The Morgan fingerprint density at radius 3 is 2.89 bits per heavy atom. The minimum atomic E-state index is -0.402. The third kappa shape index (κ3) is 2.19. The van der Waals surface area contributed by atoms with Gasteiger partial charge in [-0.25, -0.2) is 0 Å². The van der Waals surface area contributed by atoms with Crippen LogP contribution in [-0.2, 0) is 4.74 Å². The molecule has 2 heteroatoms. The topological polar surface area (TPSA) is 29.5 Å². The zero-order chi connectivity index (χ0) is 13.6. The van der Waals surface area contributed by atoms with Crippen LogP contribution in [0.3, 0.4) is 0 Å². The van der Waals surface area contributed by atoms with Crippen LogP contribution in [0.15, 0.2) is 23.3 Å². The molecule has 2 aliphatic carbocycles. The van der Waals surface area contributed by atoms with Crippen LogP contribution in [0.5, 0.6) is 0 Å². The quantitative estimate of drug-likeness (QED) is 0.729. The van der Waals surface area contributed by atoms with Crippen LogP contribution in [0, 0.1) is 5.41 Å². The molecule has 0 aromatic rings. The van der Waals surface area contributed by atoms with Gasteiger partial charge in [-0.1, -0.05) is 25.5 Å². The zero-order valence-electron chi connectivity index (χ0n) is 12.2. The fraction of sp³-hybridized carbons (Fsp3) is 0.765. The Bertz CT molecular complexity index is 423. The fourth-order valence-corrected chi connectivity index (χ4v) is 4.36. The SMILES string of the molecule is C=C(C)C1OC2CCC3(C)CCCCC3=C2CC1O. The summed E-state index contributed by atoms with van der Waals surface area (Å²) in [6, 6.07) is 0. The lowest BCUT2D eigenvalue weighted by atomic mass is 9.62. The van der Waals surface area contributed by atoms with Gasteiger partial charge in [-0.3, -0.25) is 0 Å². The number of aliphatic hydroxyl groups excluding tert-OH is 1. The van der Waals surface area contributed by atoms with E-state index in [1.807, 2.05) is 6.92 Å². The lowest BCUT2D eigenvalue weighted by molar-refractivity contribution is -0.0830. The van der Waals surface area contributed by atoms with Gasteiger partial charge >= 0.3 is 0 Å². The molecule has 0 aromatic carbocycles. The number of ether oxygens (including phenoxy) is 1. The van der Waals surface area contributed by atoms with Crippen LogP contribution in [0.25, 0.3) is 0 Å². The molecule has 2 nitrogen and oxygen atoms in total. The molecule has 0 radical (unpaired) electrons. The minimum Gasteiger partial charge on any atom is -0.390 e. The maximum atomic E-state index is 10.3. The molecule has 19 heavy (non-hydrogen) atoms. The van der Waals surface area contributed by atoms with Crippen molar-refractivity contribution in [3.63, 3.8) is 0 Å². The van der Waals surface area contributed by atoms with E-state index in [-0.39, 0.29) is 12.2 Å². The Labute approximate surface area is 116 Å². The van der Waals surface area contributed by atoms with E-state index in [0.717, 1.165) is 18.4 Å². The van der Waals surface area contributed by atoms with E-state index in [1.54, 1.807) is 5.57 Å². The number of fused-ring (bicyclic) bond motifs is 2. The van der Waals surface area contributed by atoms with Crippen molar-refractivity contribution in [2.75, 3.05) is 0 Å². The zero-order valence-corrected chi connectivity index (χ0v) is 12.2. The summed E-state index contributed by atoms with van der Waals surface area (Å²) in [6.07, 6.45) is 8.04. The highest BCUT2D eigenvalue weighted by molar-refractivity contribution is 5.32. The van der Waals surface area contributed by atoms with Crippen LogP contribution in [-0.4, -0.2) is 23.4 Å². The van der Waals surface area contributed by atoms with Gasteiger partial charge in [0.25, 0.3) is 0 Å². The molecule has 3 aliphatic rings. The summed E-state index contributed by atoms with van der Waals surface area (Å²) in [5.74, 6) is 0. The van der Waals surface area contributed by atoms with Gasteiger partial charge in [0.1, 0.15) is 6.10 Å². The largest absolute Gasteiger partial charge is 0.390 e. The number of aliphatic hydroxyl groups is 1. The summed E-state index contributed by atoms with van der Waals surface area (Å²) in [6.45, 7) is 8.34. The monoisotopic (exact) mass is 262 g/mol. The number of hydrogen-bond acceptors (Lipinski definition) is 2. The van der Waals surface area contributed by atoms with Crippen LogP contribution in [0.1, 0.15) is 58.8 Å². The Balaban J connectivity index is 1.92. The van der Waals surface area contributed by atoms with Gasteiger partial charge in [0.15, 0.2) is 0 Å². The van der Waals surface area contributed by atoms with Crippen molar-refractivity contribution in [1.29, 1.82) is 0 Å². The second-order valence-corrected chi connectivity index (χ2v) is 6.97. The first-order valence-corrected chi connectivity index (χ1v) is 7.72. The molecule has 4 unspecified atom stereocenters. The van der Waals surface area contributed by atoms with Gasteiger partial charge in [0.2, 0.25) is 0 Å². The normalized spacial score (nSPS) is 42.6. The van der Waals surface area contributed by atoms with Crippen molar-refractivity contribution in [1.82, 2.24) is 0 Å². The van der Waals surface area contributed by atoms with Crippen LogP contribution < -0.4 is 0 Å². The summed E-state index contributed by atoms with van der Waals surface area (Å²) in [5, 5.41) is 10.3. The van der Waals surface area contributed by atoms with E-state index in [2.05, 4.69) is 13.5 Å². The van der Waals surface area contributed by atoms with Gasteiger partial charge in [0, 0.05) is 0 Å². The van der Waals surface area contributed by atoms with E-state index < -0.39 is 6.10 Å². The second-order valence-electron chi connectivity index (χ2n) is 6.97. The predicted molar refractivity (Wildman–Crippen MR) is 76.9 cm³/mol. The Hall–Kier alpha value is -0.600. The summed E-state index contributed by atoms with van der Waals surface area (Å²) in [5.41, 5.74) is 4.39. The molecule has 1 saturated heterocycles. The van der Waals surface area contributed by atoms with Crippen molar-refractivity contribution < 1.29 is 9.84 Å². The Morgan fingerprint density at radius 2 is 2.16 bits per heavy atom. The smallest absolute Gasteiger partial charge is 0.105 e. The highest BCUT2D eigenvalue weighted by Crippen LogP contribution is 2.52. The molecule has 1 aliphatic heterocycles. The van der Waals surface area contributed by atoms with Crippen molar-refractivity contribution >= 4 is 0 Å². The predicted octanol–water partition coefficient (Wildman–Crippen LogP) is 3.75. The van der Waals surface area contributed by atoms with Crippen molar-refractivity contribution in [3.8, 4) is 0 Å². The van der Waals surface area contributed by atoms with Gasteiger partial charge in [-0.15, -0.1) is 0 Å². The maximum Gasteiger partial charge on any atom is 0.105 e. The van der Waals surface area contributed by atoms with Gasteiger partial charge in [-0.05, 0) is 62.0 Å². The number of allylic oxidation sites excluding steroid dienone is 1. The van der Waals surface area contributed by atoms with Crippen LogP contribution >= 0.6 is 0 Å². The minimum absolute atomic E-state index is 0.165. The molecule has 0 aromatic heterocycles. The van der Waals surface area contributed by atoms with Crippen LogP contribution in [0.2, 0.25) is 0 Å². The van der Waals surface area contributed by atoms with Gasteiger partial charge in [0.05, 0.1) is 12.2 Å². The molecule has 1 saturated carbocycles. The van der Waals surface area contributed by atoms with Crippen molar-refractivity contribution in [3.05, 3.63) is 23.3 Å². The first-order chi connectivity index (χ1) is 9.01. The van der Waals surface area contributed by atoms with Crippen molar-refractivity contribution in [2.45, 2.75) is 77.1 Å². The number of rotatable bonds is 1. The third-order valence-electron chi connectivity index (χ3n) is 5.44. The molecule has 106 valence electrons. The number of hydrogen-bond donors (Lipinski definition) is 1. The third-order valence-corrected chi connectivity index (χ3v) is 5.44. The molecule has 1 N–H and O–H groups in total. The highest BCUT2D eigenvalue weighted by Gasteiger charge is 2.44. The maximum absolute atomic E-state index is 10.3. The van der Waals surface area contributed by atoms with Gasteiger partial charge < -0.3 is 9.84 Å². The molecule has 0 amide bonds. The summed E-state index contributed by atoms with van der Waals surface area (Å²) >= 11 is 0. The lowest BCUT2D eigenvalue weighted by Gasteiger charge is -2.48. The van der Waals surface area contributed by atoms with E-state index in [1.165, 1.54) is 37.7 Å². The van der Waals surface area contributed by atoms with E-state index in [0.29, 0.717) is 5.41 Å². The van der Waals surface area contributed by atoms with E-state index in [9.17, 15) is 5.11 Å². The molecule has 0 bridgehead atoms. The average Bonchev–Trinajstić information content (AvgIpc) is 2.37. The Kier molecular flexibility index (Phi) is 3.34. The summed E-state index contributed by atoms with van der Waals surface area (Å²) in [7, 11) is 0.